The van der Waals surface area contributed by atoms with Crippen LogP contribution in [0.3, 0.4) is 0 Å². The average molecular weight is 362 g/mol. The molecule has 1 heterocycles. The Bertz CT molecular complexity index is 757. The van der Waals surface area contributed by atoms with Gasteiger partial charge < -0.3 is 5.32 Å². The summed E-state index contributed by atoms with van der Waals surface area (Å²) in [5.74, 6) is 1.74. The van der Waals surface area contributed by atoms with E-state index in [1.54, 1.807) is 0 Å². The summed E-state index contributed by atoms with van der Waals surface area (Å²) in [5.41, 5.74) is 4.54. The molecule has 0 fully saturated rings. The third kappa shape index (κ3) is 5.65. The molecule has 0 saturated heterocycles. The first-order chi connectivity index (χ1) is 13.1. The van der Waals surface area contributed by atoms with Crippen LogP contribution in [0.2, 0.25) is 0 Å². The van der Waals surface area contributed by atoms with Gasteiger partial charge in [0.15, 0.2) is 6.17 Å². The lowest BCUT2D eigenvalue weighted by molar-refractivity contribution is 0.755. The Morgan fingerprint density at radius 1 is 0.889 bits per heavy atom. The fraction of sp³-hybridized carbons (Fsp3) is 0.333. The van der Waals surface area contributed by atoms with Crippen molar-refractivity contribution in [1.82, 2.24) is 5.32 Å². The van der Waals surface area contributed by atoms with Crippen molar-refractivity contribution in [3.8, 4) is 0 Å². The molecule has 27 heavy (non-hydrogen) atoms. The molecule has 0 spiro atoms. The summed E-state index contributed by atoms with van der Waals surface area (Å²) >= 11 is 0. The first kappa shape index (κ1) is 20.6. The summed E-state index contributed by atoms with van der Waals surface area (Å²) in [6, 6.07) is 8.47. The van der Waals surface area contributed by atoms with Crippen LogP contribution in [0.15, 0.2) is 81.9 Å². The molecule has 0 unspecified atom stereocenters. The van der Waals surface area contributed by atoms with Gasteiger partial charge in [0.2, 0.25) is 0 Å². The lowest BCUT2D eigenvalue weighted by Gasteiger charge is -2.23. The number of hydrogen-bond donors (Lipinski definition) is 1. The molecule has 1 aliphatic rings. The number of nitrogens with one attached hydrogen (secondary N) is 1. The van der Waals surface area contributed by atoms with E-state index in [1.807, 2.05) is 26.0 Å². The number of hydrogen-bond acceptors (Lipinski definition) is 3. The predicted molar refractivity (Wildman–Crippen MR) is 118 cm³/mol. The maximum atomic E-state index is 4.92. The minimum atomic E-state index is -0.243. The molecule has 0 saturated carbocycles. The van der Waals surface area contributed by atoms with Crippen molar-refractivity contribution in [2.24, 2.45) is 9.98 Å². The maximum Gasteiger partial charge on any atom is 0.169 e. The van der Waals surface area contributed by atoms with Gasteiger partial charge in [0, 0.05) is 11.1 Å². The molecule has 2 rings (SSSR count). The lowest BCUT2D eigenvalue weighted by Crippen LogP contribution is -2.36. The summed E-state index contributed by atoms with van der Waals surface area (Å²) in [6.07, 6.45) is 14.3. The van der Waals surface area contributed by atoms with Crippen molar-refractivity contribution >= 4 is 11.7 Å². The molecule has 0 radical (unpaired) electrons. The summed E-state index contributed by atoms with van der Waals surface area (Å²) in [4.78, 5) is 9.84. The quantitative estimate of drug-likeness (QED) is 0.575. The average Bonchev–Trinajstić information content (AvgIpc) is 2.68. The zero-order chi connectivity index (χ0) is 19.6. The third-order valence-electron chi connectivity index (χ3n) is 4.20. The number of benzene rings is 1. The smallest absolute Gasteiger partial charge is 0.169 e. The van der Waals surface area contributed by atoms with Crippen LogP contribution < -0.4 is 5.32 Å². The molecule has 0 aliphatic carbocycles. The van der Waals surface area contributed by atoms with Crippen LogP contribution in [-0.2, 0) is 0 Å². The van der Waals surface area contributed by atoms with Crippen molar-refractivity contribution in [3.05, 3.63) is 83.0 Å². The van der Waals surface area contributed by atoms with E-state index in [0.717, 1.165) is 41.2 Å². The summed E-state index contributed by atoms with van der Waals surface area (Å²) in [7, 11) is 0. The second kappa shape index (κ2) is 10.5. The highest BCUT2D eigenvalue weighted by Gasteiger charge is 2.21. The van der Waals surface area contributed by atoms with E-state index in [1.165, 1.54) is 5.56 Å². The molecular formula is C24H31N3. The summed E-state index contributed by atoms with van der Waals surface area (Å²) < 4.78 is 0. The van der Waals surface area contributed by atoms with Crippen molar-refractivity contribution in [2.45, 2.75) is 53.6 Å². The first-order valence-electron chi connectivity index (χ1n) is 9.78. The van der Waals surface area contributed by atoms with E-state index in [9.17, 15) is 0 Å². The molecule has 1 aromatic rings. The predicted octanol–water partition coefficient (Wildman–Crippen LogP) is 6.22. The highest BCUT2D eigenvalue weighted by Crippen LogP contribution is 2.25. The molecular weight excluding hydrogens is 330 g/mol. The Hall–Kier alpha value is -2.68. The minimum absolute atomic E-state index is 0.243. The second-order valence-corrected chi connectivity index (χ2v) is 6.50. The molecule has 0 aromatic heterocycles. The lowest BCUT2D eigenvalue weighted by atomic mass is 10.1. The topological polar surface area (TPSA) is 36.8 Å². The molecule has 0 amide bonds. The van der Waals surface area contributed by atoms with Gasteiger partial charge in [-0.3, -0.25) is 0 Å². The second-order valence-electron chi connectivity index (χ2n) is 6.50. The van der Waals surface area contributed by atoms with Crippen LogP contribution >= 0.6 is 0 Å². The molecule has 0 atom stereocenters. The van der Waals surface area contributed by atoms with Gasteiger partial charge >= 0.3 is 0 Å². The van der Waals surface area contributed by atoms with Crippen molar-refractivity contribution in [1.29, 1.82) is 0 Å². The fourth-order valence-corrected chi connectivity index (χ4v) is 2.92. The molecule has 3 nitrogen and oxygen atoms in total. The van der Waals surface area contributed by atoms with Gasteiger partial charge in [-0.2, -0.15) is 0 Å². The first-order valence-corrected chi connectivity index (χ1v) is 9.78. The third-order valence-corrected chi connectivity index (χ3v) is 4.20. The highest BCUT2D eigenvalue weighted by molar-refractivity contribution is 6.17. The van der Waals surface area contributed by atoms with E-state index in [0.29, 0.717) is 0 Å². The van der Waals surface area contributed by atoms with E-state index >= 15 is 0 Å². The van der Waals surface area contributed by atoms with E-state index in [4.69, 9.17) is 9.98 Å². The van der Waals surface area contributed by atoms with Gasteiger partial charge in [-0.15, -0.1) is 0 Å². The zero-order valence-electron chi connectivity index (χ0n) is 17.2. The molecule has 0 bridgehead atoms. The van der Waals surface area contributed by atoms with Crippen molar-refractivity contribution < 1.29 is 0 Å². The number of nitrogens with zero attached hydrogens (tertiary/aromatic N) is 2. The molecule has 142 valence electrons. The molecule has 3 heteroatoms. The SMILES string of the molecule is C/C=C\C(=C/CC)C1=NC(c2ccc(C)cc2)N=C(C(/C=C\C)=C/CC)N1. The zero-order valence-corrected chi connectivity index (χ0v) is 17.2. The van der Waals surface area contributed by atoms with Gasteiger partial charge in [-0.1, -0.05) is 80.1 Å². The van der Waals surface area contributed by atoms with Gasteiger partial charge in [-0.25, -0.2) is 9.98 Å². The van der Waals surface area contributed by atoms with Crippen LogP contribution in [0.1, 0.15) is 57.8 Å². The minimum Gasteiger partial charge on any atom is -0.324 e. The Labute approximate surface area is 164 Å². The maximum absolute atomic E-state index is 4.92. The van der Waals surface area contributed by atoms with Gasteiger partial charge in [-0.05, 0) is 39.2 Å². The summed E-state index contributed by atoms with van der Waals surface area (Å²) in [6.45, 7) is 10.4. The van der Waals surface area contributed by atoms with Crippen LogP contribution in [0.5, 0.6) is 0 Å². The number of rotatable bonds is 7. The largest absolute Gasteiger partial charge is 0.324 e. The molecule has 1 aromatic carbocycles. The Morgan fingerprint density at radius 3 is 1.78 bits per heavy atom. The molecule has 1 aliphatic heterocycles. The Morgan fingerprint density at radius 2 is 1.37 bits per heavy atom. The van der Waals surface area contributed by atoms with E-state index in [-0.39, 0.29) is 6.17 Å². The highest BCUT2D eigenvalue weighted by atomic mass is 15.2. The number of amidine groups is 2. The van der Waals surface area contributed by atoms with Gasteiger partial charge in [0.25, 0.3) is 0 Å². The summed E-state index contributed by atoms with van der Waals surface area (Å²) in [5, 5.41) is 3.46. The standard InChI is InChI=1S/C24H31N3/c1-6-10-19(11-7-2)22-25-23(20(12-8-3)13-9-4)27-24(26-22)21-16-14-18(5)15-17-21/h6,8,10-17,24H,7,9H2,1-5H3,(H,25,26,27)/b10-6-,12-8-,19-11+,20-13+. The van der Waals surface area contributed by atoms with Crippen LogP contribution in [0, 0.1) is 6.92 Å². The Kier molecular flexibility index (Phi) is 8.00. The van der Waals surface area contributed by atoms with Gasteiger partial charge in [0.1, 0.15) is 11.7 Å². The van der Waals surface area contributed by atoms with Crippen LogP contribution in [0.4, 0.5) is 0 Å². The number of aryl methyl sites for hydroxylation is 1. The number of allylic oxidation sites excluding steroid dienone is 4. The fourth-order valence-electron chi connectivity index (χ4n) is 2.92. The normalized spacial score (nSPS) is 18.6. The number of aliphatic imine (C=N–C) groups is 2. The Balaban J connectivity index is 2.54. The van der Waals surface area contributed by atoms with Gasteiger partial charge in [0.05, 0.1) is 0 Å². The van der Waals surface area contributed by atoms with E-state index in [2.05, 4.69) is 74.7 Å². The van der Waals surface area contributed by atoms with Crippen molar-refractivity contribution in [3.63, 3.8) is 0 Å². The van der Waals surface area contributed by atoms with E-state index < -0.39 is 0 Å². The monoisotopic (exact) mass is 361 g/mol. The van der Waals surface area contributed by atoms with Crippen LogP contribution in [-0.4, -0.2) is 11.7 Å². The molecule has 1 N–H and O–H groups in total. The van der Waals surface area contributed by atoms with Crippen molar-refractivity contribution in [2.75, 3.05) is 0 Å². The van der Waals surface area contributed by atoms with Crippen LogP contribution in [0.25, 0.3) is 0 Å².